The first kappa shape index (κ1) is 45.6. The van der Waals surface area contributed by atoms with Gasteiger partial charge in [-0.05, 0) is 158 Å². The molecule has 0 amide bonds. The minimum Gasteiger partial charge on any atom is -0.289 e. The number of carbonyl (C=O) groups excluding carboxylic acids is 2. The van der Waals surface area contributed by atoms with E-state index in [0.29, 0.717) is 28.7 Å². The molecule has 2 nitrogen and oxygen atoms in total. The van der Waals surface area contributed by atoms with Crippen molar-refractivity contribution >= 4 is 11.6 Å². The highest BCUT2D eigenvalue weighted by Crippen LogP contribution is 2.29. The maximum atomic E-state index is 13.0. The maximum absolute atomic E-state index is 13.0. The van der Waals surface area contributed by atoms with Crippen LogP contribution in [0.25, 0.3) is 0 Å². The zero-order chi connectivity index (χ0) is 39.2. The highest BCUT2D eigenvalue weighted by molar-refractivity contribution is 6.26. The SMILES string of the molecule is CC(=CCCC(C)=CCCC(C)=CCCC(C)=CCC1=C(C)C(=O)c2ccccc2C1=O)CCC=C(C)CCC=C(C)CCC=C(C)CCCC(C)C. The third-order valence-electron chi connectivity index (χ3n) is 10.7. The number of Topliss-reactive ketones (excluding diaryl/α,β-unsaturated/α-hetero) is 2. The summed E-state index contributed by atoms with van der Waals surface area (Å²) >= 11 is 0. The van der Waals surface area contributed by atoms with Crippen molar-refractivity contribution in [3.8, 4) is 0 Å². The van der Waals surface area contributed by atoms with Gasteiger partial charge in [0.05, 0.1) is 0 Å². The lowest BCUT2D eigenvalue weighted by Crippen LogP contribution is -2.20. The van der Waals surface area contributed by atoms with Crippen LogP contribution in [-0.2, 0) is 0 Å². The van der Waals surface area contributed by atoms with Crippen LogP contribution in [0.1, 0.15) is 193 Å². The van der Waals surface area contributed by atoms with E-state index in [1.54, 1.807) is 24.6 Å². The molecule has 0 N–H and O–H groups in total. The van der Waals surface area contributed by atoms with Crippen LogP contribution in [0, 0.1) is 5.92 Å². The number of benzene rings is 1. The Morgan fingerprint density at radius 3 is 1.17 bits per heavy atom. The lowest BCUT2D eigenvalue weighted by atomic mass is 9.83. The first-order valence-corrected chi connectivity index (χ1v) is 20.8. The molecule has 0 aromatic heterocycles. The molecule has 0 bridgehead atoms. The Morgan fingerprint density at radius 1 is 0.491 bits per heavy atom. The Labute approximate surface area is 326 Å². The van der Waals surface area contributed by atoms with Gasteiger partial charge in [-0.3, -0.25) is 9.59 Å². The summed E-state index contributed by atoms with van der Waals surface area (Å²) in [6.07, 6.45) is 34.5. The summed E-state index contributed by atoms with van der Waals surface area (Å²) in [5.41, 5.74) is 12.6. The van der Waals surface area contributed by atoms with Gasteiger partial charge in [0, 0.05) is 22.3 Å². The van der Waals surface area contributed by atoms with Gasteiger partial charge < -0.3 is 0 Å². The molecule has 1 aromatic carbocycles. The predicted octanol–water partition coefficient (Wildman–Crippen LogP) is 15.9. The predicted molar refractivity (Wildman–Crippen MR) is 233 cm³/mol. The van der Waals surface area contributed by atoms with Crippen molar-refractivity contribution in [3.05, 3.63) is 128 Å². The van der Waals surface area contributed by atoms with Crippen molar-refractivity contribution in [3.63, 3.8) is 0 Å². The van der Waals surface area contributed by atoms with E-state index in [4.69, 9.17) is 0 Å². The van der Waals surface area contributed by atoms with E-state index in [-0.39, 0.29) is 11.6 Å². The molecule has 0 spiro atoms. The summed E-state index contributed by atoms with van der Waals surface area (Å²) < 4.78 is 0. The molecule has 0 atom stereocenters. The van der Waals surface area contributed by atoms with Crippen molar-refractivity contribution in [1.82, 2.24) is 0 Å². The van der Waals surface area contributed by atoms with Gasteiger partial charge in [0.1, 0.15) is 0 Å². The second-order valence-corrected chi connectivity index (χ2v) is 16.4. The third-order valence-corrected chi connectivity index (χ3v) is 10.7. The largest absolute Gasteiger partial charge is 0.289 e. The normalized spacial score (nSPS) is 15.6. The summed E-state index contributed by atoms with van der Waals surface area (Å²) in [6.45, 7) is 22.2. The summed E-state index contributed by atoms with van der Waals surface area (Å²) in [4.78, 5) is 25.8. The van der Waals surface area contributed by atoms with Crippen LogP contribution in [0.2, 0.25) is 0 Å². The van der Waals surface area contributed by atoms with Crippen LogP contribution in [0.5, 0.6) is 0 Å². The Hall–Kier alpha value is -3.52. The molecule has 0 heterocycles. The molecule has 0 aliphatic heterocycles. The summed E-state index contributed by atoms with van der Waals surface area (Å²) in [5.74, 6) is 0.784. The van der Waals surface area contributed by atoms with Gasteiger partial charge in [0.2, 0.25) is 0 Å². The van der Waals surface area contributed by atoms with Gasteiger partial charge in [-0.1, -0.05) is 126 Å². The second kappa shape index (κ2) is 25.5. The average Bonchev–Trinajstić information content (AvgIpc) is 3.10. The van der Waals surface area contributed by atoms with Gasteiger partial charge in [-0.25, -0.2) is 0 Å². The quantitative estimate of drug-likeness (QED) is 0.0997. The summed E-state index contributed by atoms with van der Waals surface area (Å²) in [5, 5.41) is 0. The van der Waals surface area contributed by atoms with Crippen molar-refractivity contribution in [1.29, 1.82) is 0 Å². The van der Waals surface area contributed by atoms with Gasteiger partial charge in [0.15, 0.2) is 11.6 Å². The molecule has 0 radical (unpaired) electrons. The van der Waals surface area contributed by atoms with E-state index in [0.717, 1.165) is 63.7 Å². The van der Waals surface area contributed by atoms with Gasteiger partial charge in [0.25, 0.3) is 0 Å². The zero-order valence-electron chi connectivity index (χ0n) is 35.6. The van der Waals surface area contributed by atoms with E-state index in [9.17, 15) is 9.59 Å². The molecule has 2 rings (SSSR count). The first-order valence-electron chi connectivity index (χ1n) is 20.8. The number of carbonyl (C=O) groups is 2. The Morgan fingerprint density at radius 2 is 0.811 bits per heavy atom. The van der Waals surface area contributed by atoms with Crippen molar-refractivity contribution in [2.75, 3.05) is 0 Å². The van der Waals surface area contributed by atoms with Crippen molar-refractivity contribution in [2.45, 2.75) is 172 Å². The number of ketones is 2. The van der Waals surface area contributed by atoms with Crippen LogP contribution < -0.4 is 0 Å². The van der Waals surface area contributed by atoms with E-state index >= 15 is 0 Å². The third kappa shape index (κ3) is 18.9. The molecule has 53 heavy (non-hydrogen) atoms. The minimum absolute atomic E-state index is 0.00769. The molecule has 0 fully saturated rings. The van der Waals surface area contributed by atoms with Crippen LogP contribution in [0.4, 0.5) is 0 Å². The Balaban J connectivity index is 1.62. The molecule has 2 heteroatoms. The number of hydrogen-bond acceptors (Lipinski definition) is 2. The molecule has 290 valence electrons. The van der Waals surface area contributed by atoms with Crippen LogP contribution in [0.15, 0.2) is 117 Å². The minimum atomic E-state index is -0.0222. The van der Waals surface area contributed by atoms with E-state index in [2.05, 4.69) is 105 Å². The summed E-state index contributed by atoms with van der Waals surface area (Å²) in [7, 11) is 0. The average molecular weight is 719 g/mol. The number of hydrogen-bond donors (Lipinski definition) is 0. The van der Waals surface area contributed by atoms with Crippen LogP contribution in [0.3, 0.4) is 0 Å². The smallest absolute Gasteiger partial charge is 0.190 e. The highest BCUT2D eigenvalue weighted by atomic mass is 16.1. The van der Waals surface area contributed by atoms with Crippen molar-refractivity contribution in [2.24, 2.45) is 5.92 Å². The molecule has 0 unspecified atom stereocenters. The fourth-order valence-electron chi connectivity index (χ4n) is 6.85. The van der Waals surface area contributed by atoms with Gasteiger partial charge in [-0.2, -0.15) is 0 Å². The van der Waals surface area contributed by atoms with Gasteiger partial charge >= 0.3 is 0 Å². The van der Waals surface area contributed by atoms with Gasteiger partial charge in [-0.15, -0.1) is 0 Å². The number of fused-ring (bicyclic) bond motifs is 1. The zero-order valence-corrected chi connectivity index (χ0v) is 35.6. The van der Waals surface area contributed by atoms with E-state index in [1.807, 2.05) is 12.1 Å². The molecular weight excluding hydrogens is 645 g/mol. The van der Waals surface area contributed by atoms with Crippen LogP contribution in [-0.4, -0.2) is 11.6 Å². The maximum Gasteiger partial charge on any atom is 0.190 e. The van der Waals surface area contributed by atoms with E-state index < -0.39 is 0 Å². The molecule has 0 saturated heterocycles. The van der Waals surface area contributed by atoms with Crippen LogP contribution >= 0.6 is 0 Å². The first-order chi connectivity index (χ1) is 25.3. The summed E-state index contributed by atoms with van der Waals surface area (Å²) in [6, 6.07) is 7.16. The number of allylic oxidation sites excluding steroid dienone is 16. The lowest BCUT2D eigenvalue weighted by molar-refractivity contribution is 0.0973. The fraction of sp³-hybridized carbons (Fsp3) is 0.529. The lowest BCUT2D eigenvalue weighted by Gasteiger charge is -2.18. The Kier molecular flexibility index (Phi) is 21.9. The molecular formula is C51H74O2. The monoisotopic (exact) mass is 719 g/mol. The van der Waals surface area contributed by atoms with E-state index in [1.165, 1.54) is 72.0 Å². The van der Waals surface area contributed by atoms with Crippen molar-refractivity contribution < 1.29 is 9.59 Å². The molecule has 1 aliphatic rings. The Bertz CT molecular complexity index is 1590. The molecule has 0 saturated carbocycles. The second-order valence-electron chi connectivity index (χ2n) is 16.4. The standard InChI is InChI=1S/C51H74O2/c1-38(2)20-13-21-39(3)22-14-23-40(4)24-15-25-41(5)26-16-27-42(6)28-17-29-43(7)30-18-31-44(8)32-19-33-45(9)36-37-47-46(10)50(52)48-34-11-12-35-49(48)51(47)53/h11-12,22,24,26,28,30,32,34-36,38H,13-21,23,25,27,29,31,33,37H2,1-10H3. The fourth-order valence-corrected chi connectivity index (χ4v) is 6.85. The topological polar surface area (TPSA) is 34.1 Å². The highest BCUT2D eigenvalue weighted by Gasteiger charge is 2.28. The molecule has 1 aromatic rings. The number of rotatable bonds is 24. The molecule has 1 aliphatic carbocycles.